The van der Waals surface area contributed by atoms with E-state index in [0.29, 0.717) is 5.92 Å². The molecule has 1 aliphatic heterocycles. The standard InChI is InChI=1S/C14H21N3S/c1-14(2,10-15)7-13-16-12(9-18-13)11-5-4-6-17(3)8-11/h9,11H,4-8H2,1-3H3. The van der Waals surface area contributed by atoms with Gasteiger partial charge in [-0.3, -0.25) is 0 Å². The molecule has 0 radical (unpaired) electrons. The molecule has 0 aromatic carbocycles. The van der Waals surface area contributed by atoms with Gasteiger partial charge in [0.2, 0.25) is 0 Å². The Labute approximate surface area is 113 Å². The van der Waals surface area contributed by atoms with E-state index in [4.69, 9.17) is 10.2 Å². The first-order valence-electron chi connectivity index (χ1n) is 6.54. The molecule has 0 aliphatic carbocycles. The van der Waals surface area contributed by atoms with E-state index in [9.17, 15) is 0 Å². The molecular formula is C14H21N3S. The van der Waals surface area contributed by atoms with Gasteiger partial charge in [0.25, 0.3) is 0 Å². The van der Waals surface area contributed by atoms with Crippen LogP contribution in [0.1, 0.15) is 43.3 Å². The summed E-state index contributed by atoms with van der Waals surface area (Å²) >= 11 is 1.71. The summed E-state index contributed by atoms with van der Waals surface area (Å²) in [5, 5.41) is 12.4. The van der Waals surface area contributed by atoms with Crippen molar-refractivity contribution in [3.05, 3.63) is 16.1 Å². The summed E-state index contributed by atoms with van der Waals surface area (Å²) in [4.78, 5) is 7.12. The molecule has 2 rings (SSSR count). The van der Waals surface area contributed by atoms with E-state index in [2.05, 4.69) is 23.4 Å². The van der Waals surface area contributed by atoms with Crippen LogP contribution in [0.25, 0.3) is 0 Å². The van der Waals surface area contributed by atoms with Crippen molar-refractivity contribution in [3.8, 4) is 6.07 Å². The number of thiazole rings is 1. The lowest BCUT2D eigenvalue weighted by molar-refractivity contribution is 0.248. The average molecular weight is 263 g/mol. The second-order valence-corrected chi connectivity index (χ2v) is 6.88. The molecule has 1 fully saturated rings. The zero-order valence-corrected chi connectivity index (χ0v) is 12.3. The molecule has 1 saturated heterocycles. The van der Waals surface area contributed by atoms with E-state index in [-0.39, 0.29) is 5.41 Å². The maximum atomic E-state index is 9.07. The van der Waals surface area contributed by atoms with Gasteiger partial charge in [0, 0.05) is 24.3 Å². The quantitative estimate of drug-likeness (QED) is 0.841. The van der Waals surface area contributed by atoms with Crippen LogP contribution in [0.15, 0.2) is 5.38 Å². The van der Waals surface area contributed by atoms with E-state index in [1.165, 1.54) is 25.1 Å². The van der Waals surface area contributed by atoms with Gasteiger partial charge >= 0.3 is 0 Å². The van der Waals surface area contributed by atoms with Crippen LogP contribution in [-0.4, -0.2) is 30.0 Å². The molecule has 0 spiro atoms. The Hall–Kier alpha value is -0.920. The van der Waals surface area contributed by atoms with Gasteiger partial charge in [-0.1, -0.05) is 0 Å². The molecule has 98 valence electrons. The first-order valence-corrected chi connectivity index (χ1v) is 7.42. The van der Waals surface area contributed by atoms with Crippen molar-refractivity contribution in [2.45, 2.75) is 39.0 Å². The summed E-state index contributed by atoms with van der Waals surface area (Å²) in [7, 11) is 2.18. The number of aromatic nitrogens is 1. The van der Waals surface area contributed by atoms with Gasteiger partial charge in [0.15, 0.2) is 0 Å². The number of likely N-dealkylation sites (N-methyl/N-ethyl adjacent to an activating group) is 1. The van der Waals surface area contributed by atoms with Crippen molar-refractivity contribution < 1.29 is 0 Å². The second kappa shape index (κ2) is 5.38. The molecule has 3 nitrogen and oxygen atoms in total. The highest BCUT2D eigenvalue weighted by Gasteiger charge is 2.23. The van der Waals surface area contributed by atoms with Gasteiger partial charge < -0.3 is 4.90 Å². The lowest BCUT2D eigenvalue weighted by Gasteiger charge is -2.28. The van der Waals surface area contributed by atoms with Crippen molar-refractivity contribution in [2.75, 3.05) is 20.1 Å². The highest BCUT2D eigenvalue weighted by Crippen LogP contribution is 2.29. The molecule has 0 N–H and O–H groups in total. The molecule has 18 heavy (non-hydrogen) atoms. The van der Waals surface area contributed by atoms with Crippen LogP contribution in [0.5, 0.6) is 0 Å². The topological polar surface area (TPSA) is 39.9 Å². The summed E-state index contributed by atoms with van der Waals surface area (Å²) in [6, 6.07) is 2.34. The molecule has 1 atom stereocenters. The number of hydrogen-bond donors (Lipinski definition) is 0. The molecule has 2 heterocycles. The highest BCUT2D eigenvalue weighted by molar-refractivity contribution is 7.09. The maximum absolute atomic E-state index is 9.07. The highest BCUT2D eigenvalue weighted by atomic mass is 32.1. The first kappa shape index (κ1) is 13.5. The lowest BCUT2D eigenvalue weighted by atomic mass is 9.92. The van der Waals surface area contributed by atoms with E-state index in [0.717, 1.165) is 18.0 Å². The Morgan fingerprint density at radius 1 is 1.61 bits per heavy atom. The average Bonchev–Trinajstić information content (AvgIpc) is 2.77. The van der Waals surface area contributed by atoms with Crippen LogP contribution >= 0.6 is 11.3 Å². The van der Waals surface area contributed by atoms with Crippen molar-refractivity contribution in [3.63, 3.8) is 0 Å². The van der Waals surface area contributed by atoms with Gasteiger partial charge in [-0.25, -0.2) is 4.98 Å². The number of hydrogen-bond acceptors (Lipinski definition) is 4. The summed E-state index contributed by atoms with van der Waals surface area (Å²) in [5.41, 5.74) is 0.925. The molecule has 1 aromatic rings. The molecule has 1 unspecified atom stereocenters. The zero-order chi connectivity index (χ0) is 13.2. The fourth-order valence-corrected chi connectivity index (χ4v) is 3.52. The fraction of sp³-hybridized carbons (Fsp3) is 0.714. The Balaban J connectivity index is 2.04. The largest absolute Gasteiger partial charge is 0.306 e. The molecule has 0 amide bonds. The smallest absolute Gasteiger partial charge is 0.0944 e. The van der Waals surface area contributed by atoms with Gasteiger partial charge in [-0.15, -0.1) is 11.3 Å². The molecular weight excluding hydrogens is 242 g/mol. The Morgan fingerprint density at radius 3 is 3.06 bits per heavy atom. The van der Waals surface area contributed by atoms with E-state index >= 15 is 0 Å². The summed E-state index contributed by atoms with van der Waals surface area (Å²) < 4.78 is 0. The summed E-state index contributed by atoms with van der Waals surface area (Å²) in [6.45, 7) is 6.27. The normalized spacial score (nSPS) is 21.8. The number of nitrogens with zero attached hydrogens (tertiary/aromatic N) is 3. The number of piperidine rings is 1. The van der Waals surface area contributed by atoms with Crippen molar-refractivity contribution in [1.82, 2.24) is 9.88 Å². The van der Waals surface area contributed by atoms with Crippen LogP contribution in [0.2, 0.25) is 0 Å². The van der Waals surface area contributed by atoms with Crippen LogP contribution in [-0.2, 0) is 6.42 Å². The molecule has 4 heteroatoms. The zero-order valence-electron chi connectivity index (χ0n) is 11.4. The minimum atomic E-state index is -0.307. The van der Waals surface area contributed by atoms with Gasteiger partial charge in [0.05, 0.1) is 22.2 Å². The minimum absolute atomic E-state index is 0.307. The maximum Gasteiger partial charge on any atom is 0.0944 e. The van der Waals surface area contributed by atoms with Gasteiger partial charge in [-0.2, -0.15) is 5.26 Å². The van der Waals surface area contributed by atoms with E-state index in [1.54, 1.807) is 11.3 Å². The van der Waals surface area contributed by atoms with Crippen LogP contribution in [0.3, 0.4) is 0 Å². The van der Waals surface area contributed by atoms with Gasteiger partial charge in [0.1, 0.15) is 0 Å². The van der Waals surface area contributed by atoms with Crippen LogP contribution < -0.4 is 0 Å². The predicted octanol–water partition coefficient (Wildman–Crippen LogP) is 3.04. The molecule has 0 saturated carbocycles. The molecule has 1 aliphatic rings. The third kappa shape index (κ3) is 3.30. The third-order valence-corrected chi connectivity index (χ3v) is 4.38. The SMILES string of the molecule is CN1CCCC(c2csc(CC(C)(C)C#N)n2)C1. The van der Waals surface area contributed by atoms with E-state index < -0.39 is 0 Å². The lowest BCUT2D eigenvalue weighted by Crippen LogP contribution is -2.30. The first-order chi connectivity index (χ1) is 8.50. The monoisotopic (exact) mass is 263 g/mol. The Kier molecular flexibility index (Phi) is 4.04. The molecule has 1 aromatic heterocycles. The van der Waals surface area contributed by atoms with Gasteiger partial charge in [-0.05, 0) is 40.3 Å². The number of rotatable bonds is 3. The summed E-state index contributed by atoms with van der Waals surface area (Å²) in [5.74, 6) is 0.582. The van der Waals surface area contributed by atoms with Crippen LogP contribution in [0, 0.1) is 16.7 Å². The minimum Gasteiger partial charge on any atom is -0.306 e. The number of likely N-dealkylation sites (tertiary alicyclic amines) is 1. The molecule has 0 bridgehead atoms. The van der Waals surface area contributed by atoms with Crippen molar-refractivity contribution in [1.29, 1.82) is 5.26 Å². The van der Waals surface area contributed by atoms with E-state index in [1.807, 2.05) is 13.8 Å². The Morgan fingerprint density at radius 2 is 2.39 bits per heavy atom. The fourth-order valence-electron chi connectivity index (χ4n) is 2.42. The van der Waals surface area contributed by atoms with Crippen molar-refractivity contribution >= 4 is 11.3 Å². The number of nitriles is 1. The predicted molar refractivity (Wildman–Crippen MR) is 74.7 cm³/mol. The third-order valence-electron chi connectivity index (χ3n) is 3.51. The van der Waals surface area contributed by atoms with Crippen LogP contribution in [0.4, 0.5) is 0 Å². The summed E-state index contributed by atoms with van der Waals surface area (Å²) in [6.07, 6.45) is 3.27. The second-order valence-electron chi connectivity index (χ2n) is 5.94. The Bertz CT molecular complexity index is 444. The van der Waals surface area contributed by atoms with Crippen molar-refractivity contribution in [2.24, 2.45) is 5.41 Å².